The second-order valence-corrected chi connectivity index (χ2v) is 8.74. The number of nitrogens with zero attached hydrogens (tertiary/aromatic N) is 4. The second kappa shape index (κ2) is 10.1. The maximum atomic E-state index is 12.7. The minimum Gasteiger partial charge on any atom is -0.352 e. The minimum absolute atomic E-state index is 0.0772. The molecule has 0 unspecified atom stereocenters. The molecule has 7 heteroatoms. The van der Waals surface area contributed by atoms with E-state index >= 15 is 0 Å². The first-order valence-corrected chi connectivity index (χ1v) is 12.2. The van der Waals surface area contributed by atoms with Crippen molar-refractivity contribution in [3.63, 3.8) is 0 Å². The fourth-order valence-corrected chi connectivity index (χ4v) is 4.83. The van der Waals surface area contributed by atoms with Gasteiger partial charge in [0, 0.05) is 24.6 Å². The zero-order valence-corrected chi connectivity index (χ0v) is 19.0. The number of carbonyl (C=O) groups is 1. The molecule has 1 aromatic carbocycles. The lowest BCUT2D eigenvalue weighted by atomic mass is 10.1. The Morgan fingerprint density at radius 1 is 1.13 bits per heavy atom. The van der Waals surface area contributed by atoms with Gasteiger partial charge in [-0.3, -0.25) is 9.78 Å². The van der Waals surface area contributed by atoms with Gasteiger partial charge in [0.25, 0.3) is 5.91 Å². The van der Waals surface area contributed by atoms with Gasteiger partial charge in [-0.25, -0.2) is 0 Å². The van der Waals surface area contributed by atoms with Gasteiger partial charge in [-0.15, -0.1) is 10.2 Å². The van der Waals surface area contributed by atoms with Gasteiger partial charge in [0.15, 0.2) is 5.16 Å². The highest BCUT2D eigenvalue weighted by Gasteiger charge is 2.23. The lowest BCUT2D eigenvalue weighted by Gasteiger charge is -2.16. The number of hydrogen-bond acceptors (Lipinski definition) is 5. The highest BCUT2D eigenvalue weighted by Crippen LogP contribution is 2.33. The topological polar surface area (TPSA) is 72.7 Å². The highest BCUT2D eigenvalue weighted by atomic mass is 32.2. The summed E-state index contributed by atoms with van der Waals surface area (Å²) in [4.78, 5) is 17.3. The molecule has 1 fully saturated rings. The molecule has 4 rings (SSSR count). The number of pyridine rings is 1. The van der Waals surface area contributed by atoms with Gasteiger partial charge < -0.3 is 9.88 Å². The number of nitrogens with one attached hydrogen (secondary N) is 1. The standard InChI is InChI=1S/C24H29N5OS/c1-17-20(14-15-21(26-17)18-9-4-3-5-10-18)23(30)25-16-8-13-22-27-28-24(31-2)29(22)19-11-6-7-12-19/h3-5,9-10,14-15,19H,6-8,11-13,16H2,1-2H3,(H,25,30). The largest absolute Gasteiger partial charge is 0.352 e. The van der Waals surface area contributed by atoms with Crippen molar-refractivity contribution in [2.45, 2.75) is 56.6 Å². The molecule has 1 N–H and O–H groups in total. The summed E-state index contributed by atoms with van der Waals surface area (Å²) in [6, 6.07) is 14.3. The molecule has 6 nitrogen and oxygen atoms in total. The maximum absolute atomic E-state index is 12.7. The summed E-state index contributed by atoms with van der Waals surface area (Å²) in [6.45, 7) is 2.49. The fraction of sp³-hybridized carbons (Fsp3) is 0.417. The molecule has 1 saturated carbocycles. The monoisotopic (exact) mass is 435 g/mol. The molecule has 0 spiro atoms. The van der Waals surface area contributed by atoms with E-state index in [0.29, 0.717) is 18.2 Å². The Morgan fingerprint density at radius 2 is 1.90 bits per heavy atom. The van der Waals surface area contributed by atoms with Crippen LogP contribution in [0.2, 0.25) is 0 Å². The zero-order valence-electron chi connectivity index (χ0n) is 18.2. The zero-order chi connectivity index (χ0) is 21.6. The van der Waals surface area contributed by atoms with E-state index in [4.69, 9.17) is 0 Å². The van der Waals surface area contributed by atoms with E-state index in [9.17, 15) is 4.79 Å². The van der Waals surface area contributed by atoms with Crippen LogP contribution in [0.5, 0.6) is 0 Å². The first-order chi connectivity index (χ1) is 15.2. The summed E-state index contributed by atoms with van der Waals surface area (Å²) in [5, 5.41) is 12.8. The summed E-state index contributed by atoms with van der Waals surface area (Å²) in [5.41, 5.74) is 3.29. The summed E-state index contributed by atoms with van der Waals surface area (Å²) in [7, 11) is 0. The van der Waals surface area contributed by atoms with E-state index in [0.717, 1.165) is 40.8 Å². The Hall–Kier alpha value is -2.67. The summed E-state index contributed by atoms with van der Waals surface area (Å²) in [6.07, 6.45) is 8.68. The fourth-order valence-electron chi connectivity index (χ4n) is 4.26. The molecule has 31 heavy (non-hydrogen) atoms. The Bertz CT molecular complexity index is 1030. The average molecular weight is 436 g/mol. The molecule has 1 aliphatic rings. The summed E-state index contributed by atoms with van der Waals surface area (Å²) in [5.74, 6) is 0.960. The van der Waals surface area contributed by atoms with Gasteiger partial charge in [0.2, 0.25) is 0 Å². The van der Waals surface area contributed by atoms with Gasteiger partial charge >= 0.3 is 0 Å². The van der Waals surface area contributed by atoms with E-state index in [1.165, 1.54) is 25.7 Å². The van der Waals surface area contributed by atoms with Gasteiger partial charge in [0.1, 0.15) is 5.82 Å². The molecule has 0 aliphatic heterocycles. The Balaban J connectivity index is 1.33. The van der Waals surface area contributed by atoms with Crippen LogP contribution in [-0.4, -0.2) is 38.5 Å². The van der Waals surface area contributed by atoms with Gasteiger partial charge in [0.05, 0.1) is 17.0 Å². The van der Waals surface area contributed by atoms with Crippen molar-refractivity contribution in [3.8, 4) is 11.3 Å². The average Bonchev–Trinajstić information content (AvgIpc) is 3.46. The molecule has 3 aromatic rings. The number of thioether (sulfide) groups is 1. The van der Waals surface area contributed by atoms with Crippen LogP contribution in [0, 0.1) is 6.92 Å². The molecular weight excluding hydrogens is 406 g/mol. The molecule has 2 heterocycles. The van der Waals surface area contributed by atoms with Gasteiger partial charge in [-0.05, 0) is 44.6 Å². The number of amides is 1. The third-order valence-electron chi connectivity index (χ3n) is 5.87. The van der Waals surface area contributed by atoms with Crippen LogP contribution < -0.4 is 5.32 Å². The molecular formula is C24H29N5OS. The van der Waals surface area contributed by atoms with Crippen molar-refractivity contribution in [3.05, 3.63) is 59.5 Å². The number of rotatable bonds is 8. The maximum Gasteiger partial charge on any atom is 0.253 e. The van der Waals surface area contributed by atoms with Crippen molar-refractivity contribution >= 4 is 17.7 Å². The molecule has 0 radical (unpaired) electrons. The van der Waals surface area contributed by atoms with Crippen LogP contribution in [0.1, 0.15) is 60.0 Å². The van der Waals surface area contributed by atoms with Crippen LogP contribution in [0.4, 0.5) is 0 Å². The molecule has 1 amide bonds. The Kier molecular flexibility index (Phi) is 7.02. The summed E-state index contributed by atoms with van der Waals surface area (Å²) >= 11 is 1.66. The summed E-state index contributed by atoms with van der Waals surface area (Å²) < 4.78 is 2.33. The predicted octanol–water partition coefficient (Wildman–Crippen LogP) is 4.85. The number of aryl methyl sites for hydroxylation is 2. The van der Waals surface area contributed by atoms with Crippen LogP contribution in [0.3, 0.4) is 0 Å². The van der Waals surface area contributed by atoms with E-state index in [1.54, 1.807) is 11.8 Å². The van der Waals surface area contributed by atoms with Crippen molar-refractivity contribution in [2.24, 2.45) is 0 Å². The van der Waals surface area contributed by atoms with Crippen LogP contribution in [0.15, 0.2) is 47.6 Å². The van der Waals surface area contributed by atoms with Crippen LogP contribution in [-0.2, 0) is 6.42 Å². The molecule has 0 bridgehead atoms. The lowest BCUT2D eigenvalue weighted by Crippen LogP contribution is -2.26. The Labute approximate surface area is 187 Å². The number of benzene rings is 1. The first-order valence-electron chi connectivity index (χ1n) is 11.0. The Morgan fingerprint density at radius 3 is 2.61 bits per heavy atom. The molecule has 0 saturated heterocycles. The second-order valence-electron chi connectivity index (χ2n) is 7.97. The number of aromatic nitrogens is 4. The molecule has 2 aromatic heterocycles. The molecule has 162 valence electrons. The van der Waals surface area contributed by atoms with Crippen molar-refractivity contribution < 1.29 is 4.79 Å². The third-order valence-corrected chi connectivity index (χ3v) is 6.51. The van der Waals surface area contributed by atoms with Crippen LogP contribution >= 0.6 is 11.8 Å². The van der Waals surface area contributed by atoms with E-state index in [1.807, 2.05) is 49.4 Å². The van der Waals surface area contributed by atoms with Crippen molar-refractivity contribution in [1.29, 1.82) is 0 Å². The third kappa shape index (κ3) is 4.98. The van der Waals surface area contributed by atoms with E-state index in [-0.39, 0.29) is 5.91 Å². The minimum atomic E-state index is -0.0772. The predicted molar refractivity (Wildman–Crippen MR) is 124 cm³/mol. The molecule has 0 atom stereocenters. The number of hydrogen-bond donors (Lipinski definition) is 1. The lowest BCUT2D eigenvalue weighted by molar-refractivity contribution is 0.0952. The normalized spacial score (nSPS) is 14.1. The van der Waals surface area contributed by atoms with Crippen molar-refractivity contribution in [2.75, 3.05) is 12.8 Å². The van der Waals surface area contributed by atoms with Crippen molar-refractivity contribution in [1.82, 2.24) is 25.1 Å². The van der Waals surface area contributed by atoms with E-state index in [2.05, 4.69) is 31.3 Å². The quantitative estimate of drug-likeness (QED) is 0.405. The van der Waals surface area contributed by atoms with Gasteiger partial charge in [-0.2, -0.15) is 0 Å². The highest BCUT2D eigenvalue weighted by molar-refractivity contribution is 7.98. The first kappa shape index (κ1) is 21.6. The SMILES string of the molecule is CSc1nnc(CCCNC(=O)c2ccc(-c3ccccc3)nc2C)n1C1CCCC1. The number of carbonyl (C=O) groups excluding carboxylic acids is 1. The van der Waals surface area contributed by atoms with Crippen LogP contribution in [0.25, 0.3) is 11.3 Å². The van der Waals surface area contributed by atoms with E-state index < -0.39 is 0 Å². The van der Waals surface area contributed by atoms with Gasteiger partial charge in [-0.1, -0.05) is 54.9 Å². The smallest absolute Gasteiger partial charge is 0.253 e. The molecule has 1 aliphatic carbocycles.